The van der Waals surface area contributed by atoms with Gasteiger partial charge in [-0.1, -0.05) is 25.7 Å². The normalized spacial score (nSPS) is 24.7. The average molecular weight is 535 g/mol. The number of nitrogens with one attached hydrogen (secondary N) is 2. The van der Waals surface area contributed by atoms with Crippen molar-refractivity contribution >= 4 is 29.9 Å². The zero-order chi connectivity index (χ0) is 20.4. The summed E-state index contributed by atoms with van der Waals surface area (Å²) in [6, 6.07) is 0. The van der Waals surface area contributed by atoms with Gasteiger partial charge in [-0.2, -0.15) is 0 Å². The number of likely N-dealkylation sites (tertiary alicyclic amines) is 1. The zero-order valence-electron chi connectivity index (χ0n) is 19.6. The van der Waals surface area contributed by atoms with Crippen LogP contribution in [0.2, 0.25) is 0 Å². The van der Waals surface area contributed by atoms with Crippen molar-refractivity contribution in [2.75, 3.05) is 72.5 Å². The van der Waals surface area contributed by atoms with E-state index in [1.165, 1.54) is 97.1 Å². The van der Waals surface area contributed by atoms with Crippen LogP contribution in [-0.2, 0) is 0 Å². The van der Waals surface area contributed by atoms with Gasteiger partial charge in [0, 0.05) is 38.3 Å². The van der Waals surface area contributed by atoms with Crippen LogP contribution < -0.4 is 10.6 Å². The van der Waals surface area contributed by atoms with Crippen molar-refractivity contribution < 1.29 is 0 Å². The highest BCUT2D eigenvalue weighted by molar-refractivity contribution is 14.0. The first-order chi connectivity index (χ1) is 14.2. The second kappa shape index (κ2) is 14.1. The number of nitrogens with zero attached hydrogens (tertiary/aromatic N) is 4. The zero-order valence-corrected chi connectivity index (χ0v) is 22.0. The van der Waals surface area contributed by atoms with E-state index in [9.17, 15) is 0 Å². The van der Waals surface area contributed by atoms with Crippen molar-refractivity contribution in [1.82, 2.24) is 25.3 Å². The van der Waals surface area contributed by atoms with Crippen LogP contribution in [0.25, 0.3) is 0 Å². The summed E-state index contributed by atoms with van der Waals surface area (Å²) in [5, 5.41) is 7.12. The Morgan fingerprint density at radius 3 is 2.30 bits per heavy atom. The van der Waals surface area contributed by atoms with E-state index in [0.29, 0.717) is 5.54 Å². The number of guanidine groups is 1. The molecular formula is C23H47IN6. The van der Waals surface area contributed by atoms with E-state index < -0.39 is 0 Å². The molecule has 0 spiro atoms. The molecule has 3 aliphatic rings. The van der Waals surface area contributed by atoms with Gasteiger partial charge in [0.25, 0.3) is 0 Å². The Hall–Kier alpha value is -0.120. The minimum absolute atomic E-state index is 0. The molecule has 30 heavy (non-hydrogen) atoms. The molecule has 0 aromatic carbocycles. The van der Waals surface area contributed by atoms with E-state index in [1.807, 2.05) is 0 Å². The number of halogens is 1. The number of piperidine rings is 1. The van der Waals surface area contributed by atoms with Crippen LogP contribution in [-0.4, -0.2) is 98.7 Å². The van der Waals surface area contributed by atoms with Crippen molar-refractivity contribution in [3.63, 3.8) is 0 Å². The quantitative estimate of drug-likeness (QED) is 0.299. The molecule has 0 radical (unpaired) electrons. The van der Waals surface area contributed by atoms with E-state index in [2.05, 4.69) is 39.3 Å². The number of hydrogen-bond acceptors (Lipinski definition) is 4. The van der Waals surface area contributed by atoms with E-state index in [0.717, 1.165) is 32.1 Å². The summed E-state index contributed by atoms with van der Waals surface area (Å²) in [5.74, 6) is 1.02. The number of likely N-dealkylation sites (N-methyl/N-ethyl adjacent to an activating group) is 1. The first-order valence-electron chi connectivity index (χ1n) is 12.4. The van der Waals surface area contributed by atoms with Gasteiger partial charge in [0.2, 0.25) is 0 Å². The lowest BCUT2D eigenvalue weighted by Gasteiger charge is -2.47. The third-order valence-corrected chi connectivity index (χ3v) is 7.22. The summed E-state index contributed by atoms with van der Waals surface area (Å²) in [4.78, 5) is 13.0. The molecule has 0 aromatic heterocycles. The Morgan fingerprint density at radius 2 is 1.57 bits per heavy atom. The van der Waals surface area contributed by atoms with Gasteiger partial charge in [-0.05, 0) is 72.3 Å². The van der Waals surface area contributed by atoms with Crippen molar-refractivity contribution in [1.29, 1.82) is 0 Å². The molecule has 0 aromatic rings. The topological polar surface area (TPSA) is 46.1 Å². The highest BCUT2D eigenvalue weighted by Gasteiger charge is 2.38. The van der Waals surface area contributed by atoms with E-state index >= 15 is 0 Å². The summed E-state index contributed by atoms with van der Waals surface area (Å²) in [6.07, 6.45) is 12.2. The van der Waals surface area contributed by atoms with Crippen molar-refractivity contribution in [3.8, 4) is 0 Å². The van der Waals surface area contributed by atoms with Crippen LogP contribution in [0.3, 0.4) is 0 Å². The molecule has 2 N–H and O–H groups in total. The maximum atomic E-state index is 5.12. The third kappa shape index (κ3) is 8.10. The Kier molecular flexibility index (Phi) is 12.3. The lowest BCUT2D eigenvalue weighted by molar-refractivity contribution is 0.0407. The van der Waals surface area contributed by atoms with Crippen molar-refractivity contribution in [2.45, 2.75) is 70.3 Å². The second-order valence-corrected chi connectivity index (χ2v) is 9.45. The molecule has 2 aliphatic heterocycles. The van der Waals surface area contributed by atoms with Crippen LogP contribution in [0.5, 0.6) is 0 Å². The van der Waals surface area contributed by atoms with Crippen LogP contribution in [0.4, 0.5) is 0 Å². The molecule has 1 aliphatic carbocycles. The summed E-state index contributed by atoms with van der Waals surface area (Å²) in [7, 11) is 2.24. The highest BCUT2D eigenvalue weighted by atomic mass is 127. The monoisotopic (exact) mass is 534 g/mol. The minimum atomic E-state index is 0. The molecule has 6 nitrogen and oxygen atoms in total. The largest absolute Gasteiger partial charge is 0.357 e. The first kappa shape index (κ1) is 26.1. The Morgan fingerprint density at radius 1 is 0.833 bits per heavy atom. The maximum absolute atomic E-state index is 5.12. The van der Waals surface area contributed by atoms with E-state index in [-0.39, 0.29) is 24.0 Å². The van der Waals surface area contributed by atoms with Gasteiger partial charge in [0.1, 0.15) is 0 Å². The molecular weight excluding hydrogens is 487 g/mol. The molecule has 3 rings (SSSR count). The van der Waals surface area contributed by atoms with Gasteiger partial charge in [-0.15, -0.1) is 24.0 Å². The molecule has 7 heteroatoms. The predicted molar refractivity (Wildman–Crippen MR) is 139 cm³/mol. The van der Waals surface area contributed by atoms with E-state index in [1.54, 1.807) is 0 Å². The van der Waals surface area contributed by atoms with Gasteiger partial charge in [-0.3, -0.25) is 9.89 Å². The summed E-state index contributed by atoms with van der Waals surface area (Å²) >= 11 is 0. The smallest absolute Gasteiger partial charge is 0.191 e. The highest BCUT2D eigenvalue weighted by Crippen LogP contribution is 2.35. The van der Waals surface area contributed by atoms with Gasteiger partial charge >= 0.3 is 0 Å². The second-order valence-electron chi connectivity index (χ2n) is 9.45. The fraction of sp³-hybridized carbons (Fsp3) is 0.957. The summed E-state index contributed by atoms with van der Waals surface area (Å²) in [5.41, 5.74) is 0.316. The van der Waals surface area contributed by atoms with Gasteiger partial charge in [-0.25, -0.2) is 0 Å². The minimum Gasteiger partial charge on any atom is -0.357 e. The molecule has 2 saturated heterocycles. The van der Waals surface area contributed by atoms with Crippen LogP contribution in [0, 0.1) is 0 Å². The molecule has 1 saturated carbocycles. The van der Waals surface area contributed by atoms with Crippen LogP contribution in [0.1, 0.15) is 64.7 Å². The molecule has 176 valence electrons. The fourth-order valence-corrected chi connectivity index (χ4v) is 5.38. The molecule has 3 fully saturated rings. The maximum Gasteiger partial charge on any atom is 0.191 e. The van der Waals surface area contributed by atoms with Gasteiger partial charge < -0.3 is 20.4 Å². The molecule has 0 amide bonds. The van der Waals surface area contributed by atoms with Crippen molar-refractivity contribution in [3.05, 3.63) is 0 Å². The third-order valence-electron chi connectivity index (χ3n) is 7.22. The number of hydrogen-bond donors (Lipinski definition) is 2. The molecule has 2 heterocycles. The first-order valence-corrected chi connectivity index (χ1v) is 12.4. The Labute approximate surface area is 202 Å². The van der Waals surface area contributed by atoms with Crippen molar-refractivity contribution in [2.24, 2.45) is 4.99 Å². The van der Waals surface area contributed by atoms with E-state index in [4.69, 9.17) is 4.99 Å². The number of rotatable bonds is 7. The molecule has 0 unspecified atom stereocenters. The Balaban J connectivity index is 0.00000320. The SMILES string of the molecule is CCNC(=NCC1(N2CCCCC2)CCCCC1)NCCN1CCCN(C)CC1.I. The van der Waals surface area contributed by atoms with Gasteiger partial charge in [0.15, 0.2) is 5.96 Å². The standard InChI is InChI=1S/C23H46N6.HI/c1-3-24-22(25-13-18-28-15-10-14-27(2)19-20-28)26-21-23(11-6-4-7-12-23)29-16-8-5-9-17-29;/h3-21H2,1-2H3,(H2,24,25,26);1H. The van der Waals surface area contributed by atoms with Crippen LogP contribution in [0.15, 0.2) is 4.99 Å². The fourth-order valence-electron chi connectivity index (χ4n) is 5.38. The number of aliphatic imine (C=N–C) groups is 1. The van der Waals surface area contributed by atoms with Gasteiger partial charge in [0.05, 0.1) is 6.54 Å². The average Bonchev–Trinajstić information content (AvgIpc) is 2.97. The summed E-state index contributed by atoms with van der Waals surface area (Å²) < 4.78 is 0. The Bertz CT molecular complexity index is 488. The van der Waals surface area contributed by atoms with Crippen LogP contribution >= 0.6 is 24.0 Å². The predicted octanol–water partition coefficient (Wildman–Crippen LogP) is 2.99. The lowest BCUT2D eigenvalue weighted by atomic mass is 9.79. The summed E-state index contributed by atoms with van der Waals surface area (Å²) in [6.45, 7) is 13.5. The molecule has 0 bridgehead atoms. The molecule has 0 atom stereocenters. The lowest BCUT2D eigenvalue weighted by Crippen LogP contribution is -2.54.